The molecule has 0 spiro atoms. The van der Waals surface area contributed by atoms with Gasteiger partial charge in [0.25, 0.3) is 15.9 Å². The summed E-state index contributed by atoms with van der Waals surface area (Å²) in [6.07, 6.45) is 0. The van der Waals surface area contributed by atoms with Crippen LogP contribution in [0.25, 0.3) is 0 Å². The number of amides is 1. The molecule has 138 valence electrons. The molecule has 2 N–H and O–H groups in total. The molecule has 9 heteroatoms. The van der Waals surface area contributed by atoms with E-state index in [1.54, 1.807) is 25.3 Å². The molecule has 3 rings (SSSR count). The van der Waals surface area contributed by atoms with Crippen LogP contribution in [0.15, 0.2) is 47.4 Å². The Morgan fingerprint density at radius 2 is 1.85 bits per heavy atom. The average molecular weight is 378 g/mol. The molecule has 0 saturated carbocycles. The van der Waals surface area contributed by atoms with Crippen LogP contribution < -0.4 is 19.5 Å². The average Bonchev–Trinajstić information content (AvgIpc) is 3.09. The van der Waals surface area contributed by atoms with Crippen molar-refractivity contribution in [3.8, 4) is 11.5 Å². The van der Waals surface area contributed by atoms with Crippen LogP contribution in [0.1, 0.15) is 10.4 Å². The summed E-state index contributed by atoms with van der Waals surface area (Å²) in [6, 6.07) is 10.4. The van der Waals surface area contributed by atoms with Crippen LogP contribution in [-0.4, -0.2) is 41.4 Å². The zero-order valence-corrected chi connectivity index (χ0v) is 14.8. The summed E-state index contributed by atoms with van der Waals surface area (Å²) < 4.78 is 42.7. The van der Waals surface area contributed by atoms with Crippen molar-refractivity contribution < 1.29 is 27.4 Å². The zero-order valence-electron chi connectivity index (χ0n) is 14.0. The molecule has 1 amide bonds. The number of carbonyl (C=O) groups is 1. The summed E-state index contributed by atoms with van der Waals surface area (Å²) in [5, 5.41) is 2.67. The maximum Gasteiger partial charge on any atom is 0.261 e. The fraction of sp³-hybridized carbons (Fsp3) is 0.235. The Kier molecular flexibility index (Phi) is 5.29. The lowest BCUT2D eigenvalue weighted by atomic mass is 10.2. The number of benzene rings is 2. The topological polar surface area (TPSA) is 103 Å². The van der Waals surface area contributed by atoms with Gasteiger partial charge in [0, 0.05) is 25.3 Å². The summed E-state index contributed by atoms with van der Waals surface area (Å²) in [4.78, 5) is 12.0. The van der Waals surface area contributed by atoms with E-state index in [2.05, 4.69) is 10.0 Å². The van der Waals surface area contributed by atoms with Crippen molar-refractivity contribution in [2.75, 3.05) is 31.8 Å². The number of hydrogen-bond donors (Lipinski definition) is 2. The third-order valence-corrected chi connectivity index (χ3v) is 5.04. The van der Waals surface area contributed by atoms with E-state index in [1.165, 1.54) is 24.3 Å². The minimum Gasteiger partial charge on any atom is -0.454 e. The number of fused-ring (bicyclic) bond motifs is 1. The van der Waals surface area contributed by atoms with Crippen LogP contribution in [0.3, 0.4) is 0 Å². The third kappa shape index (κ3) is 4.06. The fourth-order valence-corrected chi connectivity index (χ4v) is 3.38. The van der Waals surface area contributed by atoms with E-state index in [0.29, 0.717) is 35.9 Å². The lowest BCUT2D eigenvalue weighted by molar-refractivity contribution is 0.0937. The second kappa shape index (κ2) is 7.63. The lowest BCUT2D eigenvalue weighted by Gasteiger charge is -2.10. The molecule has 0 saturated heterocycles. The molecule has 8 nitrogen and oxygen atoms in total. The molecular formula is C17H18N2O6S. The van der Waals surface area contributed by atoms with Crippen molar-refractivity contribution in [1.29, 1.82) is 0 Å². The number of anilines is 1. The van der Waals surface area contributed by atoms with Gasteiger partial charge in [-0.15, -0.1) is 0 Å². The van der Waals surface area contributed by atoms with Gasteiger partial charge in [0.1, 0.15) is 0 Å². The van der Waals surface area contributed by atoms with Gasteiger partial charge in [0.2, 0.25) is 6.79 Å². The third-order valence-electron chi connectivity index (χ3n) is 3.64. The van der Waals surface area contributed by atoms with Crippen molar-refractivity contribution in [2.45, 2.75) is 4.90 Å². The van der Waals surface area contributed by atoms with Gasteiger partial charge in [-0.1, -0.05) is 0 Å². The quantitative estimate of drug-likeness (QED) is 0.710. The largest absolute Gasteiger partial charge is 0.454 e. The number of sulfonamides is 1. The van der Waals surface area contributed by atoms with Crippen LogP contribution in [0.2, 0.25) is 0 Å². The number of ether oxygens (including phenoxy) is 3. The Balaban J connectivity index is 1.70. The minimum absolute atomic E-state index is 0.0450. The van der Waals surface area contributed by atoms with Gasteiger partial charge in [-0.05, 0) is 36.4 Å². The molecule has 0 aromatic heterocycles. The van der Waals surface area contributed by atoms with E-state index in [4.69, 9.17) is 14.2 Å². The maximum atomic E-state index is 12.5. The zero-order chi connectivity index (χ0) is 18.6. The molecule has 1 aliphatic rings. The summed E-state index contributed by atoms with van der Waals surface area (Å²) in [5.41, 5.74) is 0.721. The highest BCUT2D eigenvalue weighted by atomic mass is 32.2. The first kappa shape index (κ1) is 18.0. The number of hydrogen-bond acceptors (Lipinski definition) is 6. The van der Waals surface area contributed by atoms with Gasteiger partial charge in [-0.2, -0.15) is 0 Å². The summed E-state index contributed by atoms with van der Waals surface area (Å²) in [6.45, 7) is 0.887. The van der Waals surface area contributed by atoms with Crippen molar-refractivity contribution in [3.05, 3.63) is 48.0 Å². The van der Waals surface area contributed by atoms with E-state index in [1.807, 2.05) is 0 Å². The summed E-state index contributed by atoms with van der Waals surface area (Å²) in [5.74, 6) is 0.750. The molecule has 0 fully saturated rings. The standard InChI is InChI=1S/C17H18N2O6S/c1-23-9-8-18-17(20)12-2-5-14(6-3-12)26(21,22)19-13-4-7-15-16(10-13)25-11-24-15/h2-7,10,19H,8-9,11H2,1H3,(H,18,20). The molecule has 0 unspecified atom stereocenters. The SMILES string of the molecule is COCCNC(=O)c1ccc(S(=O)(=O)Nc2ccc3c(c2)OCO3)cc1. The van der Waals surface area contributed by atoms with E-state index in [9.17, 15) is 13.2 Å². The molecule has 0 radical (unpaired) electrons. The van der Waals surface area contributed by atoms with Crippen molar-refractivity contribution in [1.82, 2.24) is 5.32 Å². The van der Waals surface area contributed by atoms with E-state index >= 15 is 0 Å². The molecule has 0 atom stereocenters. The molecule has 26 heavy (non-hydrogen) atoms. The molecule has 0 bridgehead atoms. The second-order valence-electron chi connectivity index (χ2n) is 5.45. The number of nitrogens with one attached hydrogen (secondary N) is 2. The number of methoxy groups -OCH3 is 1. The first-order valence-electron chi connectivity index (χ1n) is 7.79. The van der Waals surface area contributed by atoms with Crippen LogP contribution in [0, 0.1) is 0 Å². The predicted molar refractivity (Wildman–Crippen MR) is 94.0 cm³/mol. The highest BCUT2D eigenvalue weighted by Gasteiger charge is 2.18. The molecular weight excluding hydrogens is 360 g/mol. The Labute approximate surface area is 151 Å². The second-order valence-corrected chi connectivity index (χ2v) is 7.13. The minimum atomic E-state index is -3.79. The van der Waals surface area contributed by atoms with Crippen molar-refractivity contribution in [2.24, 2.45) is 0 Å². The Bertz CT molecular complexity index is 896. The van der Waals surface area contributed by atoms with Crippen LogP contribution in [-0.2, 0) is 14.8 Å². The smallest absolute Gasteiger partial charge is 0.261 e. The monoisotopic (exact) mass is 378 g/mol. The molecule has 1 aliphatic heterocycles. The fourth-order valence-electron chi connectivity index (χ4n) is 2.33. The maximum absolute atomic E-state index is 12.5. The summed E-state index contributed by atoms with van der Waals surface area (Å²) >= 11 is 0. The van der Waals surface area contributed by atoms with Gasteiger partial charge in [-0.3, -0.25) is 9.52 Å². The highest BCUT2D eigenvalue weighted by Crippen LogP contribution is 2.34. The molecule has 1 heterocycles. The van der Waals surface area contributed by atoms with Gasteiger partial charge in [-0.25, -0.2) is 8.42 Å². The lowest BCUT2D eigenvalue weighted by Crippen LogP contribution is -2.26. The van der Waals surface area contributed by atoms with Gasteiger partial charge in [0.05, 0.1) is 17.2 Å². The highest BCUT2D eigenvalue weighted by molar-refractivity contribution is 7.92. The van der Waals surface area contributed by atoms with E-state index in [-0.39, 0.29) is 17.6 Å². The summed E-state index contributed by atoms with van der Waals surface area (Å²) in [7, 11) is -2.25. The van der Waals surface area contributed by atoms with Crippen molar-refractivity contribution >= 4 is 21.6 Å². The molecule has 0 aliphatic carbocycles. The Morgan fingerprint density at radius 3 is 2.58 bits per heavy atom. The van der Waals surface area contributed by atoms with Crippen molar-refractivity contribution in [3.63, 3.8) is 0 Å². The van der Waals surface area contributed by atoms with Gasteiger partial charge in [0.15, 0.2) is 11.5 Å². The first-order chi connectivity index (χ1) is 12.5. The molecule has 2 aromatic rings. The normalized spacial score (nSPS) is 12.7. The van der Waals surface area contributed by atoms with E-state index < -0.39 is 10.0 Å². The van der Waals surface area contributed by atoms with E-state index in [0.717, 1.165) is 0 Å². The predicted octanol–water partition coefficient (Wildman–Crippen LogP) is 1.59. The molecule has 2 aromatic carbocycles. The number of rotatable bonds is 7. The van der Waals surface area contributed by atoms with Crippen LogP contribution in [0.4, 0.5) is 5.69 Å². The number of carbonyl (C=O) groups excluding carboxylic acids is 1. The Morgan fingerprint density at radius 1 is 1.12 bits per heavy atom. The van der Waals surface area contributed by atoms with Gasteiger partial charge < -0.3 is 19.5 Å². The van der Waals surface area contributed by atoms with Crippen LogP contribution in [0.5, 0.6) is 11.5 Å². The van der Waals surface area contributed by atoms with Gasteiger partial charge >= 0.3 is 0 Å². The first-order valence-corrected chi connectivity index (χ1v) is 9.27. The van der Waals surface area contributed by atoms with Crippen LogP contribution >= 0.6 is 0 Å². The Hall–Kier alpha value is -2.78.